The van der Waals surface area contributed by atoms with Gasteiger partial charge >= 0.3 is 0 Å². The summed E-state index contributed by atoms with van der Waals surface area (Å²) in [5, 5.41) is 33.9. The lowest BCUT2D eigenvalue weighted by molar-refractivity contribution is -0.0511. The highest BCUT2D eigenvalue weighted by molar-refractivity contribution is 5.99. The minimum atomic E-state index is -1.27. The smallest absolute Gasteiger partial charge is 0.247 e. The number of ether oxygens (including phenoxy) is 1. The van der Waals surface area contributed by atoms with E-state index in [9.17, 15) is 15.3 Å². The summed E-state index contributed by atoms with van der Waals surface area (Å²) in [5.74, 6) is 0.259. The first-order chi connectivity index (χ1) is 14.0. The van der Waals surface area contributed by atoms with Gasteiger partial charge in [-0.15, -0.1) is 0 Å². The normalized spacial score (nSPS) is 24.9. The zero-order valence-electron chi connectivity index (χ0n) is 15.5. The highest BCUT2D eigenvalue weighted by Crippen LogP contribution is 2.32. The maximum absolute atomic E-state index is 10.3. The maximum Gasteiger partial charge on any atom is 0.247 e. The number of benzene rings is 1. The summed E-state index contributed by atoms with van der Waals surface area (Å²) in [7, 11) is 0. The first-order valence-corrected chi connectivity index (χ1v) is 8.98. The summed E-state index contributed by atoms with van der Waals surface area (Å²) in [6.45, 7) is 1.41. The van der Waals surface area contributed by atoms with E-state index in [0.29, 0.717) is 11.2 Å². The van der Waals surface area contributed by atoms with Gasteiger partial charge < -0.3 is 25.8 Å². The second-order valence-corrected chi connectivity index (χ2v) is 6.66. The monoisotopic (exact) mass is 399 g/mol. The molecule has 1 fully saturated rings. The largest absolute Gasteiger partial charge is 0.394 e. The number of aliphatic hydroxyl groups excluding tert-OH is 3. The zero-order valence-corrected chi connectivity index (χ0v) is 15.5. The quantitative estimate of drug-likeness (QED) is 0.290. The van der Waals surface area contributed by atoms with Crippen molar-refractivity contribution < 1.29 is 20.1 Å². The van der Waals surface area contributed by atoms with E-state index in [2.05, 4.69) is 25.5 Å². The Morgan fingerprint density at radius 3 is 2.69 bits per heavy atom. The Hall–Kier alpha value is -3.12. The lowest BCUT2D eigenvalue weighted by atomic mass is 10.1. The molecule has 152 valence electrons. The molecule has 0 spiro atoms. The Bertz CT molecular complexity index is 1040. The van der Waals surface area contributed by atoms with Crippen LogP contribution < -0.4 is 11.2 Å². The maximum atomic E-state index is 10.3. The van der Waals surface area contributed by atoms with Gasteiger partial charge in [-0.25, -0.2) is 10.4 Å². The fraction of sp³-hybridized carbons (Fsp3) is 0.333. The SMILES string of the molecule is C/C(=N/Nc1nc(N)c2ncn([C@@H]3O[C@H](CO)[C@@H](O)[C@H]3O)c2n1)c1ccccc1. The van der Waals surface area contributed by atoms with Crippen LogP contribution in [0.5, 0.6) is 0 Å². The zero-order chi connectivity index (χ0) is 20.5. The standard InChI is InChI=1S/C18H21N7O4/c1-9(10-5-3-2-4-6-10)23-24-18-21-15(19)12-16(22-18)25(8-20-12)17-14(28)13(27)11(7-26)29-17/h2-6,8,11,13-14,17,26-28H,7H2,1H3,(H3,19,21,22,24)/b23-9-/t11-,13-,14-,17-/m1/s1. The molecule has 3 heterocycles. The summed E-state index contributed by atoms with van der Waals surface area (Å²) in [5.41, 5.74) is 11.0. The van der Waals surface area contributed by atoms with Crippen LogP contribution in [0.25, 0.3) is 11.2 Å². The van der Waals surface area contributed by atoms with Crippen molar-refractivity contribution in [2.45, 2.75) is 31.5 Å². The van der Waals surface area contributed by atoms with E-state index in [0.717, 1.165) is 11.3 Å². The van der Waals surface area contributed by atoms with E-state index >= 15 is 0 Å². The molecule has 11 nitrogen and oxygen atoms in total. The Morgan fingerprint density at radius 2 is 2.00 bits per heavy atom. The highest BCUT2D eigenvalue weighted by Gasteiger charge is 2.44. The number of rotatable bonds is 5. The average molecular weight is 399 g/mol. The number of fused-ring (bicyclic) bond motifs is 1. The number of aromatic nitrogens is 4. The minimum absolute atomic E-state index is 0.121. The van der Waals surface area contributed by atoms with Crippen LogP contribution in [0.2, 0.25) is 0 Å². The lowest BCUT2D eigenvalue weighted by Gasteiger charge is -2.16. The van der Waals surface area contributed by atoms with Crippen LogP contribution in [-0.4, -0.2) is 65.5 Å². The molecule has 1 aliphatic rings. The van der Waals surface area contributed by atoms with E-state index in [4.69, 9.17) is 10.5 Å². The molecule has 0 aliphatic carbocycles. The Kier molecular flexibility index (Phi) is 5.11. The van der Waals surface area contributed by atoms with E-state index in [1.165, 1.54) is 10.9 Å². The Balaban J connectivity index is 1.65. The number of nitrogens with one attached hydrogen (secondary N) is 1. The van der Waals surface area contributed by atoms with Crippen LogP contribution in [0.1, 0.15) is 18.7 Å². The fourth-order valence-corrected chi connectivity index (χ4v) is 3.16. The highest BCUT2D eigenvalue weighted by atomic mass is 16.6. The van der Waals surface area contributed by atoms with Crippen molar-refractivity contribution in [3.63, 3.8) is 0 Å². The molecule has 2 aromatic heterocycles. The molecule has 0 radical (unpaired) electrons. The molecular weight excluding hydrogens is 378 g/mol. The number of hydrogen-bond acceptors (Lipinski definition) is 10. The van der Waals surface area contributed by atoms with Gasteiger partial charge in [-0.1, -0.05) is 30.3 Å². The second kappa shape index (κ2) is 7.72. The molecule has 4 atom stereocenters. The lowest BCUT2D eigenvalue weighted by Crippen LogP contribution is -2.33. The Labute approximate surface area is 165 Å². The summed E-state index contributed by atoms with van der Waals surface area (Å²) in [6.07, 6.45) is -3.02. The van der Waals surface area contributed by atoms with Gasteiger partial charge in [-0.05, 0) is 12.5 Å². The number of hydrogen-bond donors (Lipinski definition) is 5. The summed E-state index contributed by atoms with van der Waals surface area (Å²) in [6, 6.07) is 9.59. The van der Waals surface area contributed by atoms with Gasteiger partial charge in [0.15, 0.2) is 17.7 Å². The first-order valence-electron chi connectivity index (χ1n) is 8.98. The fourth-order valence-electron chi connectivity index (χ4n) is 3.16. The Morgan fingerprint density at radius 1 is 1.24 bits per heavy atom. The van der Waals surface area contributed by atoms with Crippen LogP contribution in [0, 0.1) is 0 Å². The van der Waals surface area contributed by atoms with E-state index < -0.39 is 31.1 Å². The molecule has 0 saturated carbocycles. The third kappa shape index (κ3) is 3.51. The van der Waals surface area contributed by atoms with E-state index in [-0.39, 0.29) is 11.8 Å². The molecule has 3 aromatic rings. The molecule has 1 aliphatic heterocycles. The molecule has 0 amide bonds. The predicted octanol–water partition coefficient (Wildman–Crippen LogP) is -0.144. The van der Waals surface area contributed by atoms with Gasteiger partial charge in [0.25, 0.3) is 0 Å². The third-order valence-corrected chi connectivity index (χ3v) is 4.75. The number of nitrogen functional groups attached to an aromatic ring is 1. The van der Waals surface area contributed by atoms with Crippen molar-refractivity contribution in [3.8, 4) is 0 Å². The summed E-state index contributed by atoms with van der Waals surface area (Å²) in [4.78, 5) is 12.7. The number of nitrogens with zero attached hydrogens (tertiary/aromatic N) is 5. The molecule has 11 heteroatoms. The minimum Gasteiger partial charge on any atom is -0.394 e. The van der Waals surface area contributed by atoms with Gasteiger partial charge in [0.2, 0.25) is 5.95 Å². The van der Waals surface area contributed by atoms with Crippen LogP contribution in [0.3, 0.4) is 0 Å². The number of nitrogens with two attached hydrogens (primary N) is 1. The summed E-state index contributed by atoms with van der Waals surface area (Å²) >= 11 is 0. The molecule has 6 N–H and O–H groups in total. The van der Waals surface area contributed by atoms with E-state index in [1.54, 1.807) is 0 Å². The molecular formula is C18H21N7O4. The van der Waals surface area contributed by atoms with Gasteiger partial charge in [0.05, 0.1) is 18.6 Å². The average Bonchev–Trinajstić information content (AvgIpc) is 3.28. The van der Waals surface area contributed by atoms with Crippen LogP contribution >= 0.6 is 0 Å². The van der Waals surface area contributed by atoms with Crippen molar-refractivity contribution in [3.05, 3.63) is 42.2 Å². The van der Waals surface area contributed by atoms with Gasteiger partial charge in [-0.3, -0.25) is 4.57 Å². The van der Waals surface area contributed by atoms with E-state index in [1.807, 2.05) is 37.3 Å². The molecule has 1 saturated heterocycles. The molecule has 4 rings (SSSR count). The summed E-state index contributed by atoms with van der Waals surface area (Å²) < 4.78 is 6.99. The molecule has 29 heavy (non-hydrogen) atoms. The van der Waals surface area contributed by atoms with Crippen molar-refractivity contribution in [1.29, 1.82) is 0 Å². The first kappa shape index (κ1) is 19.2. The predicted molar refractivity (Wildman–Crippen MR) is 105 cm³/mol. The molecule has 1 aromatic carbocycles. The number of aliphatic hydroxyl groups is 3. The third-order valence-electron chi connectivity index (χ3n) is 4.75. The van der Waals surface area contributed by atoms with Crippen LogP contribution in [-0.2, 0) is 4.74 Å². The second-order valence-electron chi connectivity index (χ2n) is 6.66. The topological polar surface area (TPSA) is 164 Å². The van der Waals surface area contributed by atoms with Crippen LogP contribution in [0.15, 0.2) is 41.8 Å². The number of hydrazone groups is 1. The van der Waals surface area contributed by atoms with Gasteiger partial charge in [0, 0.05) is 0 Å². The number of anilines is 2. The number of imidazole rings is 1. The van der Waals surface area contributed by atoms with Crippen molar-refractivity contribution in [2.75, 3.05) is 17.8 Å². The van der Waals surface area contributed by atoms with Crippen LogP contribution in [0.4, 0.5) is 11.8 Å². The molecule has 0 unspecified atom stereocenters. The van der Waals surface area contributed by atoms with Gasteiger partial charge in [0.1, 0.15) is 23.8 Å². The van der Waals surface area contributed by atoms with Crippen molar-refractivity contribution >= 4 is 28.6 Å². The van der Waals surface area contributed by atoms with Crippen molar-refractivity contribution in [2.24, 2.45) is 5.10 Å². The molecule has 0 bridgehead atoms. The van der Waals surface area contributed by atoms with Crippen molar-refractivity contribution in [1.82, 2.24) is 19.5 Å². The van der Waals surface area contributed by atoms with Gasteiger partial charge in [-0.2, -0.15) is 15.1 Å².